The summed E-state index contributed by atoms with van der Waals surface area (Å²) in [7, 11) is 0. The fourth-order valence-electron chi connectivity index (χ4n) is 1.42. The van der Waals surface area contributed by atoms with Crippen molar-refractivity contribution in [1.29, 1.82) is 0 Å². The number of nitrogens with zero attached hydrogens (tertiary/aromatic N) is 2. The molecular formula is C12H15N3O2S2. The fraction of sp³-hybridized carbons (Fsp3) is 0.417. The van der Waals surface area contributed by atoms with Crippen LogP contribution in [0.3, 0.4) is 0 Å². The van der Waals surface area contributed by atoms with Crippen molar-refractivity contribution in [3.05, 3.63) is 11.4 Å². The number of nitrogen functional groups attached to an aromatic ring is 1. The maximum absolute atomic E-state index is 11.5. The summed E-state index contributed by atoms with van der Waals surface area (Å²) in [6, 6.07) is 1.89. The molecule has 0 aliphatic heterocycles. The zero-order valence-electron chi connectivity index (χ0n) is 10.6. The molecule has 2 N–H and O–H groups in total. The monoisotopic (exact) mass is 297 g/mol. The summed E-state index contributed by atoms with van der Waals surface area (Å²) in [5.74, 6) is 0.417. The zero-order chi connectivity index (χ0) is 13.7. The molecule has 0 saturated carbocycles. The number of thioether (sulfide) groups is 1. The quantitative estimate of drug-likeness (QED) is 0.382. The lowest BCUT2D eigenvalue weighted by atomic mass is 10.4. The molecular weight excluding hydrogens is 282 g/mol. The van der Waals surface area contributed by atoms with Crippen molar-refractivity contribution >= 4 is 45.1 Å². The summed E-state index contributed by atoms with van der Waals surface area (Å²) in [6.07, 6.45) is 1.90. The molecule has 0 amide bonds. The van der Waals surface area contributed by atoms with Crippen LogP contribution in [0.15, 0.2) is 16.6 Å². The highest BCUT2D eigenvalue weighted by atomic mass is 32.2. The van der Waals surface area contributed by atoms with Gasteiger partial charge in [0.05, 0.1) is 17.7 Å². The van der Waals surface area contributed by atoms with E-state index in [9.17, 15) is 4.79 Å². The van der Waals surface area contributed by atoms with Crippen molar-refractivity contribution < 1.29 is 9.53 Å². The molecule has 0 saturated heterocycles. The number of hydrogen-bond donors (Lipinski definition) is 1. The van der Waals surface area contributed by atoms with E-state index in [4.69, 9.17) is 10.5 Å². The van der Waals surface area contributed by atoms with Gasteiger partial charge in [-0.25, -0.2) is 9.97 Å². The number of fused-ring (bicyclic) bond motifs is 1. The van der Waals surface area contributed by atoms with Crippen molar-refractivity contribution in [2.75, 3.05) is 18.1 Å². The molecule has 0 radical (unpaired) electrons. The summed E-state index contributed by atoms with van der Waals surface area (Å²) in [4.78, 5) is 20.8. The van der Waals surface area contributed by atoms with Crippen LogP contribution < -0.4 is 5.73 Å². The van der Waals surface area contributed by atoms with Gasteiger partial charge in [0, 0.05) is 0 Å². The van der Waals surface area contributed by atoms with Gasteiger partial charge in [-0.3, -0.25) is 4.79 Å². The summed E-state index contributed by atoms with van der Waals surface area (Å²) in [6.45, 7) is 2.53. The van der Waals surface area contributed by atoms with Crippen LogP contribution in [-0.4, -0.2) is 28.3 Å². The van der Waals surface area contributed by atoms with Gasteiger partial charge in [-0.05, 0) is 17.9 Å². The number of unbranched alkanes of at least 4 members (excludes halogenated alkanes) is 1. The van der Waals surface area contributed by atoms with E-state index in [1.807, 2.05) is 11.4 Å². The summed E-state index contributed by atoms with van der Waals surface area (Å²) in [5, 5.41) is 3.29. The minimum Gasteiger partial charge on any atom is -0.465 e. The first-order valence-electron chi connectivity index (χ1n) is 6.00. The Kier molecular flexibility index (Phi) is 4.98. The number of nitrogens with two attached hydrogens (primary N) is 1. The average molecular weight is 297 g/mol. The van der Waals surface area contributed by atoms with Crippen LogP contribution in [0, 0.1) is 0 Å². The van der Waals surface area contributed by atoms with Gasteiger partial charge >= 0.3 is 5.97 Å². The van der Waals surface area contributed by atoms with Gasteiger partial charge in [-0.2, -0.15) is 0 Å². The SMILES string of the molecule is CCCCOC(=O)CSc1nc(N)c2ccsc2n1. The molecule has 2 aromatic heterocycles. The Morgan fingerprint density at radius 3 is 3.16 bits per heavy atom. The fourth-order valence-corrected chi connectivity index (χ4v) is 2.90. The number of esters is 1. The van der Waals surface area contributed by atoms with E-state index in [2.05, 4.69) is 16.9 Å². The summed E-state index contributed by atoms with van der Waals surface area (Å²) >= 11 is 2.76. The van der Waals surface area contributed by atoms with E-state index in [1.165, 1.54) is 23.1 Å². The molecule has 5 nitrogen and oxygen atoms in total. The van der Waals surface area contributed by atoms with Crippen molar-refractivity contribution in [1.82, 2.24) is 9.97 Å². The van der Waals surface area contributed by atoms with Crippen LogP contribution >= 0.6 is 23.1 Å². The van der Waals surface area contributed by atoms with Crippen LogP contribution in [0.4, 0.5) is 5.82 Å². The maximum Gasteiger partial charge on any atom is 0.316 e. The van der Waals surface area contributed by atoms with Crippen molar-refractivity contribution in [2.24, 2.45) is 0 Å². The number of aromatic nitrogens is 2. The van der Waals surface area contributed by atoms with Gasteiger partial charge in [-0.15, -0.1) is 11.3 Å². The van der Waals surface area contributed by atoms with Crippen molar-refractivity contribution in [3.8, 4) is 0 Å². The Morgan fingerprint density at radius 1 is 1.53 bits per heavy atom. The first kappa shape index (κ1) is 14.1. The van der Waals surface area contributed by atoms with Crippen LogP contribution in [-0.2, 0) is 9.53 Å². The van der Waals surface area contributed by atoms with E-state index >= 15 is 0 Å². The molecule has 0 atom stereocenters. The molecule has 7 heteroatoms. The predicted molar refractivity (Wildman–Crippen MR) is 78.4 cm³/mol. The van der Waals surface area contributed by atoms with E-state index < -0.39 is 0 Å². The predicted octanol–water partition coefficient (Wildman–Crippen LogP) is 2.71. The van der Waals surface area contributed by atoms with Gasteiger partial charge in [0.25, 0.3) is 0 Å². The highest BCUT2D eigenvalue weighted by molar-refractivity contribution is 7.99. The topological polar surface area (TPSA) is 78.1 Å². The van der Waals surface area contributed by atoms with Crippen LogP contribution in [0.25, 0.3) is 10.2 Å². The number of anilines is 1. The van der Waals surface area contributed by atoms with E-state index in [1.54, 1.807) is 0 Å². The van der Waals surface area contributed by atoms with Gasteiger partial charge in [0.15, 0.2) is 5.16 Å². The minimum atomic E-state index is -0.244. The lowest BCUT2D eigenvalue weighted by molar-refractivity contribution is -0.140. The third-order valence-corrected chi connectivity index (χ3v) is 4.04. The Hall–Kier alpha value is -1.34. The molecule has 0 aliphatic rings. The molecule has 0 unspecified atom stereocenters. The maximum atomic E-state index is 11.5. The third-order valence-electron chi connectivity index (χ3n) is 2.41. The molecule has 102 valence electrons. The summed E-state index contributed by atoms with van der Waals surface area (Å²) < 4.78 is 5.06. The molecule has 0 aliphatic carbocycles. The second kappa shape index (κ2) is 6.72. The molecule has 0 bridgehead atoms. The number of thiophene rings is 1. The average Bonchev–Trinajstić information content (AvgIpc) is 2.85. The van der Waals surface area contributed by atoms with Gasteiger partial charge in [0.1, 0.15) is 10.6 Å². The first-order valence-corrected chi connectivity index (χ1v) is 7.86. The highest BCUT2D eigenvalue weighted by Crippen LogP contribution is 2.26. The minimum absolute atomic E-state index is 0.208. The second-order valence-corrected chi connectivity index (χ2v) is 5.73. The highest BCUT2D eigenvalue weighted by Gasteiger charge is 2.09. The van der Waals surface area contributed by atoms with Crippen molar-refractivity contribution in [2.45, 2.75) is 24.9 Å². The van der Waals surface area contributed by atoms with E-state index in [-0.39, 0.29) is 11.7 Å². The van der Waals surface area contributed by atoms with Gasteiger partial charge in [-0.1, -0.05) is 25.1 Å². The number of ether oxygens (including phenoxy) is 1. The Bertz CT molecular complexity index is 571. The molecule has 2 heterocycles. The lowest BCUT2D eigenvalue weighted by Gasteiger charge is -2.04. The van der Waals surface area contributed by atoms with Gasteiger partial charge in [0.2, 0.25) is 0 Å². The Morgan fingerprint density at radius 2 is 2.37 bits per heavy atom. The zero-order valence-corrected chi connectivity index (χ0v) is 12.2. The van der Waals surface area contributed by atoms with Crippen LogP contribution in [0.2, 0.25) is 0 Å². The number of hydrogen-bond acceptors (Lipinski definition) is 7. The smallest absolute Gasteiger partial charge is 0.316 e. The van der Waals surface area contributed by atoms with E-state index in [0.29, 0.717) is 17.6 Å². The van der Waals surface area contributed by atoms with Crippen LogP contribution in [0.5, 0.6) is 0 Å². The normalized spacial score (nSPS) is 10.8. The molecule has 19 heavy (non-hydrogen) atoms. The Labute approximate surface area is 119 Å². The van der Waals surface area contributed by atoms with Crippen molar-refractivity contribution in [3.63, 3.8) is 0 Å². The largest absolute Gasteiger partial charge is 0.465 e. The Balaban J connectivity index is 1.92. The summed E-state index contributed by atoms with van der Waals surface area (Å²) in [5.41, 5.74) is 5.83. The molecule has 0 fully saturated rings. The molecule has 2 aromatic rings. The molecule has 0 spiro atoms. The van der Waals surface area contributed by atoms with Crippen LogP contribution in [0.1, 0.15) is 19.8 Å². The number of carbonyl (C=O) groups excluding carboxylic acids is 1. The van der Waals surface area contributed by atoms with E-state index in [0.717, 1.165) is 23.1 Å². The third kappa shape index (κ3) is 3.81. The number of rotatable bonds is 6. The van der Waals surface area contributed by atoms with Gasteiger partial charge < -0.3 is 10.5 Å². The second-order valence-electron chi connectivity index (χ2n) is 3.89. The molecule has 2 rings (SSSR count). The first-order chi connectivity index (χ1) is 9.20. The molecule has 0 aromatic carbocycles. The standard InChI is InChI=1S/C12H15N3O2S2/c1-2-3-5-17-9(16)7-19-12-14-10(13)8-4-6-18-11(8)15-12/h4,6H,2-3,5,7H2,1H3,(H2,13,14,15). The number of carbonyl (C=O) groups is 1. The lowest BCUT2D eigenvalue weighted by Crippen LogP contribution is -2.08.